The molecule has 0 unspecified atom stereocenters. The summed E-state index contributed by atoms with van der Waals surface area (Å²) in [5.41, 5.74) is 3.08. The van der Waals surface area contributed by atoms with E-state index in [9.17, 15) is 18.3 Å². The highest BCUT2D eigenvalue weighted by Crippen LogP contribution is 2.39. The summed E-state index contributed by atoms with van der Waals surface area (Å²) >= 11 is 0. The second kappa shape index (κ2) is 9.16. The Morgan fingerprint density at radius 3 is 2.32 bits per heavy atom. The molecule has 0 aliphatic carbocycles. The normalized spacial score (nSPS) is 11.3. The first-order valence-electron chi connectivity index (χ1n) is 9.76. The van der Waals surface area contributed by atoms with Crippen molar-refractivity contribution in [3.8, 4) is 11.1 Å². The Morgan fingerprint density at radius 2 is 1.77 bits per heavy atom. The molecule has 0 amide bonds. The van der Waals surface area contributed by atoms with Gasteiger partial charge in [-0.05, 0) is 36.1 Å². The fraction of sp³-hybridized carbons (Fsp3) is 0.217. The zero-order valence-electron chi connectivity index (χ0n) is 17.3. The summed E-state index contributed by atoms with van der Waals surface area (Å²) in [6.07, 6.45) is 1.02. The minimum atomic E-state index is -3.56. The Balaban J connectivity index is 1.80. The quantitative estimate of drug-likeness (QED) is 0.521. The maximum Gasteiger partial charge on any atom is 0.351 e. The number of carboxylic acid groups (broad SMARTS) is 1. The average Bonchev–Trinajstić information content (AvgIpc) is 3.06. The van der Waals surface area contributed by atoms with Crippen molar-refractivity contribution < 1.29 is 18.3 Å². The topological polar surface area (TPSA) is 92.8 Å². The number of rotatable bonds is 8. The summed E-state index contributed by atoms with van der Waals surface area (Å²) in [4.78, 5) is 15.7. The van der Waals surface area contributed by atoms with Gasteiger partial charge in [-0.3, -0.25) is 0 Å². The number of sulfonamides is 1. The van der Waals surface area contributed by atoms with Crippen molar-refractivity contribution in [2.24, 2.45) is 7.05 Å². The van der Waals surface area contributed by atoms with Gasteiger partial charge >= 0.3 is 5.97 Å². The summed E-state index contributed by atoms with van der Waals surface area (Å²) in [6, 6.07) is 15.4. The van der Waals surface area contributed by atoms with Crippen LogP contribution in [0.1, 0.15) is 28.7 Å². The molecule has 7 nitrogen and oxygen atoms in total. The van der Waals surface area contributed by atoms with Crippen molar-refractivity contribution in [1.82, 2.24) is 9.29 Å². The zero-order valence-corrected chi connectivity index (χ0v) is 18.1. The molecule has 0 fully saturated rings. The van der Waals surface area contributed by atoms with Crippen LogP contribution >= 0.6 is 0 Å². The van der Waals surface area contributed by atoms with E-state index in [-0.39, 0.29) is 17.1 Å². The number of hydrogen-bond donors (Lipinski definition) is 2. The monoisotopic (exact) mass is 437 g/mol. The molecule has 0 aliphatic rings. The lowest BCUT2D eigenvalue weighted by Gasteiger charge is -2.08. The van der Waals surface area contributed by atoms with Gasteiger partial charge in [0.15, 0.2) is 0 Å². The Morgan fingerprint density at radius 1 is 1.13 bits per heavy atom. The summed E-state index contributed by atoms with van der Waals surface area (Å²) in [5, 5.41) is 9.69. The van der Waals surface area contributed by atoms with Gasteiger partial charge in [-0.15, -0.1) is 0 Å². The first-order chi connectivity index (χ1) is 14.8. The molecule has 3 rings (SSSR count). The van der Waals surface area contributed by atoms with Gasteiger partial charge in [-0.1, -0.05) is 49.4 Å². The van der Waals surface area contributed by atoms with E-state index in [0.717, 1.165) is 5.56 Å². The molecule has 160 valence electrons. The lowest BCUT2D eigenvalue weighted by atomic mass is 10.0. The van der Waals surface area contributed by atoms with E-state index in [2.05, 4.69) is 9.57 Å². The minimum Gasteiger partial charge on any atom is -0.477 e. The standard InChI is InChI=1S/C23H23N3O4S/c1-4-19-21(24-2)20(22(23(27)28)26(19)3)17-12-10-16(11-13-17)14-15-25-31(29,30)18-8-6-5-7-9-18/h5-13,25H,4,14-15H2,1,3H3,(H,27,28). The van der Waals surface area contributed by atoms with Crippen LogP contribution in [0, 0.1) is 6.57 Å². The highest BCUT2D eigenvalue weighted by Gasteiger charge is 2.25. The van der Waals surface area contributed by atoms with Crippen LogP contribution in [0.2, 0.25) is 0 Å². The van der Waals surface area contributed by atoms with Crippen molar-refractivity contribution in [3.63, 3.8) is 0 Å². The van der Waals surface area contributed by atoms with Crippen molar-refractivity contribution in [2.45, 2.75) is 24.7 Å². The molecular formula is C23H23N3O4S. The zero-order chi connectivity index (χ0) is 22.6. The SMILES string of the molecule is [C-]#[N+]c1c(-c2ccc(CCNS(=O)(=O)c3ccccc3)cc2)c(C(=O)O)n(C)c1CC. The van der Waals surface area contributed by atoms with Gasteiger partial charge in [-0.2, -0.15) is 0 Å². The highest BCUT2D eigenvalue weighted by atomic mass is 32.2. The summed E-state index contributed by atoms with van der Waals surface area (Å²) in [7, 11) is -1.90. The lowest BCUT2D eigenvalue weighted by molar-refractivity contribution is 0.0687. The van der Waals surface area contributed by atoms with E-state index < -0.39 is 16.0 Å². The van der Waals surface area contributed by atoms with Gasteiger partial charge in [0, 0.05) is 24.8 Å². The Labute approximate surface area is 181 Å². The third kappa shape index (κ3) is 4.53. The molecule has 31 heavy (non-hydrogen) atoms. The molecule has 0 aliphatic heterocycles. The molecule has 0 spiro atoms. The van der Waals surface area contributed by atoms with E-state index in [1.807, 2.05) is 19.1 Å². The van der Waals surface area contributed by atoms with Crippen molar-refractivity contribution in [3.05, 3.63) is 83.0 Å². The summed E-state index contributed by atoms with van der Waals surface area (Å²) < 4.78 is 28.7. The maximum atomic E-state index is 12.3. The maximum absolute atomic E-state index is 12.3. The molecule has 0 saturated carbocycles. The minimum absolute atomic E-state index is 0.0891. The van der Waals surface area contributed by atoms with Crippen molar-refractivity contribution in [1.29, 1.82) is 0 Å². The van der Waals surface area contributed by atoms with Crippen LogP contribution in [-0.4, -0.2) is 30.6 Å². The summed E-state index contributed by atoms with van der Waals surface area (Å²) in [5.74, 6) is -1.08. The largest absolute Gasteiger partial charge is 0.477 e. The number of nitrogens with zero attached hydrogens (tertiary/aromatic N) is 2. The van der Waals surface area contributed by atoms with E-state index in [4.69, 9.17) is 6.57 Å². The lowest BCUT2D eigenvalue weighted by Crippen LogP contribution is -2.25. The second-order valence-electron chi connectivity index (χ2n) is 7.01. The molecule has 0 bridgehead atoms. The van der Waals surface area contributed by atoms with Gasteiger partial charge in [0.25, 0.3) is 0 Å². The van der Waals surface area contributed by atoms with Crippen LogP contribution in [-0.2, 0) is 29.9 Å². The van der Waals surface area contributed by atoms with E-state index in [1.165, 1.54) is 12.1 Å². The fourth-order valence-corrected chi connectivity index (χ4v) is 4.67. The Hall–Kier alpha value is -3.41. The van der Waals surface area contributed by atoms with Crippen LogP contribution in [0.5, 0.6) is 0 Å². The van der Waals surface area contributed by atoms with Crippen LogP contribution in [0.4, 0.5) is 5.69 Å². The molecular weight excluding hydrogens is 414 g/mol. The number of aromatic carboxylic acids is 1. The molecule has 3 aromatic rings. The first kappa shape index (κ1) is 22.3. The predicted molar refractivity (Wildman–Crippen MR) is 119 cm³/mol. The third-order valence-corrected chi connectivity index (χ3v) is 6.62. The Kier molecular flexibility index (Phi) is 6.59. The van der Waals surface area contributed by atoms with Gasteiger partial charge in [0.1, 0.15) is 5.69 Å². The number of benzene rings is 2. The van der Waals surface area contributed by atoms with Gasteiger partial charge in [-0.25, -0.2) is 22.8 Å². The van der Waals surface area contributed by atoms with Gasteiger partial charge in [0.2, 0.25) is 15.7 Å². The molecule has 8 heteroatoms. The van der Waals surface area contributed by atoms with Gasteiger partial charge < -0.3 is 9.67 Å². The number of hydrogen-bond acceptors (Lipinski definition) is 3. The average molecular weight is 438 g/mol. The predicted octanol–water partition coefficient (Wildman–Crippen LogP) is 4.02. The van der Waals surface area contributed by atoms with Crippen LogP contribution in [0.3, 0.4) is 0 Å². The van der Waals surface area contributed by atoms with Crippen LogP contribution in [0.25, 0.3) is 16.0 Å². The Bertz CT molecular complexity index is 1240. The van der Waals surface area contributed by atoms with Crippen molar-refractivity contribution >= 4 is 21.7 Å². The molecule has 0 radical (unpaired) electrons. The van der Waals surface area contributed by atoms with Crippen LogP contribution < -0.4 is 4.72 Å². The molecule has 0 saturated heterocycles. The second-order valence-corrected chi connectivity index (χ2v) is 8.77. The van der Waals surface area contributed by atoms with Crippen molar-refractivity contribution in [2.75, 3.05) is 6.54 Å². The van der Waals surface area contributed by atoms with Gasteiger partial charge in [0.05, 0.1) is 11.5 Å². The number of carbonyl (C=O) groups is 1. The van der Waals surface area contributed by atoms with Crippen LogP contribution in [0.15, 0.2) is 59.5 Å². The number of aromatic nitrogens is 1. The molecule has 0 atom stereocenters. The highest BCUT2D eigenvalue weighted by molar-refractivity contribution is 7.89. The van der Waals surface area contributed by atoms with E-state index in [1.54, 1.807) is 41.9 Å². The summed E-state index contributed by atoms with van der Waals surface area (Å²) in [6.45, 7) is 9.66. The number of carboxylic acids is 1. The molecule has 2 N–H and O–H groups in total. The van der Waals surface area contributed by atoms with E-state index in [0.29, 0.717) is 35.3 Å². The van der Waals surface area contributed by atoms with E-state index >= 15 is 0 Å². The molecule has 1 aromatic heterocycles. The molecule has 2 aromatic carbocycles. The molecule has 1 heterocycles. The number of nitrogens with one attached hydrogen (secondary N) is 1. The third-order valence-electron chi connectivity index (χ3n) is 5.14. The smallest absolute Gasteiger partial charge is 0.351 e. The first-order valence-corrected chi connectivity index (χ1v) is 11.2. The fourth-order valence-electron chi connectivity index (χ4n) is 3.62.